The van der Waals surface area contributed by atoms with Crippen molar-refractivity contribution in [2.75, 3.05) is 6.54 Å². The molecule has 1 saturated carbocycles. The lowest BCUT2D eigenvalue weighted by atomic mass is 9.88. The Bertz CT molecular complexity index is 569. The third-order valence-corrected chi connectivity index (χ3v) is 5.00. The monoisotopic (exact) mass is 305 g/mol. The largest absolute Gasteiger partial charge is 0.393 e. The topological polar surface area (TPSA) is 66.4 Å². The van der Waals surface area contributed by atoms with E-state index in [4.69, 9.17) is 0 Å². The maximum Gasteiger partial charge on any atom is 0.243 e. The number of benzene rings is 1. The fourth-order valence-corrected chi connectivity index (χ4v) is 3.54. The zero-order valence-corrected chi connectivity index (χ0v) is 11.7. The fraction of sp³-hybridized carbons (Fsp3) is 0.538. The predicted octanol–water partition coefficient (Wildman–Crippen LogP) is 1.79. The third kappa shape index (κ3) is 3.74. The molecule has 0 amide bonds. The van der Waals surface area contributed by atoms with Crippen LogP contribution in [-0.2, 0) is 10.0 Å². The average molecular weight is 305 g/mol. The van der Waals surface area contributed by atoms with Crippen LogP contribution < -0.4 is 4.72 Å². The molecular weight excluding hydrogens is 288 g/mol. The fourth-order valence-electron chi connectivity index (χ4n) is 2.34. The first-order valence-electron chi connectivity index (χ1n) is 6.51. The SMILES string of the molecule is O=S(=O)(NCC1CCC(O)CC1)c1cc(F)ccc1F. The Morgan fingerprint density at radius 2 is 1.85 bits per heavy atom. The summed E-state index contributed by atoms with van der Waals surface area (Å²) >= 11 is 0. The lowest BCUT2D eigenvalue weighted by Gasteiger charge is -2.25. The van der Waals surface area contributed by atoms with E-state index in [0.717, 1.165) is 25.0 Å². The molecule has 2 rings (SSSR count). The molecule has 0 bridgehead atoms. The smallest absolute Gasteiger partial charge is 0.243 e. The van der Waals surface area contributed by atoms with Gasteiger partial charge < -0.3 is 5.11 Å². The molecule has 0 radical (unpaired) electrons. The summed E-state index contributed by atoms with van der Waals surface area (Å²) in [6.45, 7) is 0.172. The van der Waals surface area contributed by atoms with Gasteiger partial charge in [0.2, 0.25) is 10.0 Å². The molecule has 1 fully saturated rings. The van der Waals surface area contributed by atoms with Crippen LogP contribution in [0.5, 0.6) is 0 Å². The molecule has 0 heterocycles. The van der Waals surface area contributed by atoms with E-state index in [1.165, 1.54) is 0 Å². The van der Waals surface area contributed by atoms with E-state index in [1.807, 2.05) is 0 Å². The number of rotatable bonds is 4. The van der Waals surface area contributed by atoms with E-state index in [2.05, 4.69) is 4.72 Å². The highest BCUT2D eigenvalue weighted by atomic mass is 32.2. The third-order valence-electron chi connectivity index (χ3n) is 3.56. The molecule has 1 aliphatic rings. The average Bonchev–Trinajstić information content (AvgIpc) is 2.41. The molecule has 112 valence electrons. The number of halogens is 2. The van der Waals surface area contributed by atoms with E-state index in [-0.39, 0.29) is 18.6 Å². The summed E-state index contributed by atoms with van der Waals surface area (Å²) in [5, 5.41) is 9.37. The minimum Gasteiger partial charge on any atom is -0.393 e. The van der Waals surface area contributed by atoms with E-state index in [0.29, 0.717) is 18.9 Å². The van der Waals surface area contributed by atoms with Gasteiger partial charge in [-0.05, 0) is 49.8 Å². The van der Waals surface area contributed by atoms with Crippen molar-refractivity contribution >= 4 is 10.0 Å². The maximum atomic E-state index is 13.5. The van der Waals surface area contributed by atoms with Crippen molar-refractivity contribution < 1.29 is 22.3 Å². The van der Waals surface area contributed by atoms with E-state index in [1.54, 1.807) is 0 Å². The van der Waals surface area contributed by atoms with Crippen LogP contribution in [0.25, 0.3) is 0 Å². The summed E-state index contributed by atoms with van der Waals surface area (Å²) in [5.41, 5.74) is 0. The van der Waals surface area contributed by atoms with E-state index in [9.17, 15) is 22.3 Å². The minimum absolute atomic E-state index is 0.116. The van der Waals surface area contributed by atoms with E-state index >= 15 is 0 Å². The van der Waals surface area contributed by atoms with Crippen LogP contribution in [0, 0.1) is 17.6 Å². The summed E-state index contributed by atoms with van der Waals surface area (Å²) in [4.78, 5) is -0.673. The molecule has 1 aromatic carbocycles. The van der Waals surface area contributed by atoms with E-state index < -0.39 is 26.6 Å². The van der Waals surface area contributed by atoms with Gasteiger partial charge in [0.1, 0.15) is 16.5 Å². The van der Waals surface area contributed by atoms with Crippen LogP contribution in [0.4, 0.5) is 8.78 Å². The molecule has 20 heavy (non-hydrogen) atoms. The van der Waals surface area contributed by atoms with Gasteiger partial charge in [0, 0.05) is 6.54 Å². The highest BCUT2D eigenvalue weighted by Crippen LogP contribution is 2.24. The highest BCUT2D eigenvalue weighted by molar-refractivity contribution is 7.89. The second-order valence-electron chi connectivity index (χ2n) is 5.10. The van der Waals surface area contributed by atoms with Gasteiger partial charge in [0.25, 0.3) is 0 Å². The number of sulfonamides is 1. The molecule has 4 nitrogen and oxygen atoms in total. The van der Waals surface area contributed by atoms with Crippen molar-refractivity contribution in [1.82, 2.24) is 4.72 Å². The quantitative estimate of drug-likeness (QED) is 0.891. The van der Waals surface area contributed by atoms with Crippen LogP contribution in [0.15, 0.2) is 23.1 Å². The standard InChI is InChI=1S/C13H17F2NO3S/c14-10-3-6-12(15)13(7-10)20(18,19)16-8-9-1-4-11(17)5-2-9/h3,6-7,9,11,16-17H,1-2,4-5,8H2. The highest BCUT2D eigenvalue weighted by Gasteiger charge is 2.24. The molecule has 0 unspecified atom stereocenters. The summed E-state index contributed by atoms with van der Waals surface area (Å²) in [6.07, 6.45) is 2.40. The second-order valence-corrected chi connectivity index (χ2v) is 6.84. The van der Waals surface area contributed by atoms with Crippen molar-refractivity contribution in [1.29, 1.82) is 0 Å². The zero-order valence-electron chi connectivity index (χ0n) is 10.9. The van der Waals surface area contributed by atoms with Gasteiger partial charge >= 0.3 is 0 Å². The Morgan fingerprint density at radius 1 is 1.20 bits per heavy atom. The molecular formula is C13H17F2NO3S. The Hall–Kier alpha value is -1.05. The van der Waals surface area contributed by atoms with Crippen LogP contribution in [0.2, 0.25) is 0 Å². The van der Waals surface area contributed by atoms with Crippen LogP contribution in [0.3, 0.4) is 0 Å². The number of aliphatic hydroxyl groups is 1. The molecule has 7 heteroatoms. The molecule has 1 aromatic rings. The maximum absolute atomic E-state index is 13.5. The van der Waals surface area contributed by atoms with Crippen molar-refractivity contribution in [2.24, 2.45) is 5.92 Å². The van der Waals surface area contributed by atoms with Crippen molar-refractivity contribution in [3.63, 3.8) is 0 Å². The van der Waals surface area contributed by atoms with Gasteiger partial charge in [-0.25, -0.2) is 21.9 Å². The first kappa shape index (κ1) is 15.3. The van der Waals surface area contributed by atoms with Crippen molar-refractivity contribution in [2.45, 2.75) is 36.7 Å². The van der Waals surface area contributed by atoms with Crippen molar-refractivity contribution in [3.8, 4) is 0 Å². The summed E-state index contributed by atoms with van der Waals surface area (Å²) in [7, 11) is -4.05. The Labute approximate surface area is 116 Å². The number of aliphatic hydroxyl groups excluding tert-OH is 1. The molecule has 2 N–H and O–H groups in total. The normalized spacial score (nSPS) is 23.8. The number of hydrogen-bond donors (Lipinski definition) is 2. The summed E-state index contributed by atoms with van der Waals surface area (Å²) in [5.74, 6) is -1.66. The molecule has 0 aromatic heterocycles. The Kier molecular flexibility index (Phi) is 4.72. The summed E-state index contributed by atoms with van der Waals surface area (Å²) < 4.78 is 52.7. The van der Waals surface area contributed by atoms with Gasteiger partial charge in [0.15, 0.2) is 0 Å². The second kappa shape index (κ2) is 6.15. The van der Waals surface area contributed by atoms with Gasteiger partial charge in [-0.15, -0.1) is 0 Å². The van der Waals surface area contributed by atoms with Crippen LogP contribution >= 0.6 is 0 Å². The van der Waals surface area contributed by atoms with Crippen molar-refractivity contribution in [3.05, 3.63) is 29.8 Å². The number of hydrogen-bond acceptors (Lipinski definition) is 3. The van der Waals surface area contributed by atoms with Crippen LogP contribution in [-0.4, -0.2) is 26.2 Å². The van der Waals surface area contributed by atoms with Gasteiger partial charge in [0.05, 0.1) is 6.10 Å². The molecule has 1 aliphatic carbocycles. The van der Waals surface area contributed by atoms with Gasteiger partial charge in [-0.1, -0.05) is 0 Å². The molecule has 0 atom stereocenters. The number of nitrogens with one attached hydrogen (secondary N) is 1. The minimum atomic E-state index is -4.05. The summed E-state index contributed by atoms with van der Waals surface area (Å²) in [6, 6.07) is 2.33. The predicted molar refractivity (Wildman–Crippen MR) is 69.5 cm³/mol. The first-order valence-corrected chi connectivity index (χ1v) is 7.99. The molecule has 0 saturated heterocycles. The molecule has 0 spiro atoms. The lowest BCUT2D eigenvalue weighted by molar-refractivity contribution is 0.109. The molecule has 0 aliphatic heterocycles. The van der Waals surface area contributed by atoms with Crippen LogP contribution in [0.1, 0.15) is 25.7 Å². The zero-order chi connectivity index (χ0) is 14.8. The van der Waals surface area contributed by atoms with Gasteiger partial charge in [-0.3, -0.25) is 0 Å². The Balaban J connectivity index is 2.02. The lowest BCUT2D eigenvalue weighted by Crippen LogP contribution is -2.32. The first-order chi connectivity index (χ1) is 9.38. The van der Waals surface area contributed by atoms with Gasteiger partial charge in [-0.2, -0.15) is 0 Å². The Morgan fingerprint density at radius 3 is 2.50 bits per heavy atom.